The van der Waals surface area contributed by atoms with Crippen molar-refractivity contribution in [3.63, 3.8) is 0 Å². The summed E-state index contributed by atoms with van der Waals surface area (Å²) in [6, 6.07) is 0. The Morgan fingerprint density at radius 1 is 1.35 bits per heavy atom. The molecule has 2 aromatic heterocycles. The van der Waals surface area contributed by atoms with Crippen molar-refractivity contribution in [2.24, 2.45) is 5.41 Å². The summed E-state index contributed by atoms with van der Waals surface area (Å²) in [6.45, 7) is 1.51. The van der Waals surface area contributed by atoms with Gasteiger partial charge in [-0.1, -0.05) is 0 Å². The van der Waals surface area contributed by atoms with E-state index in [1.54, 1.807) is 18.1 Å². The molecule has 0 unspecified atom stereocenters. The van der Waals surface area contributed by atoms with E-state index in [9.17, 15) is 5.11 Å². The monoisotopic (exact) mass is 308 g/mol. The number of aliphatic hydroxyl groups excluding tert-OH is 1. The van der Waals surface area contributed by atoms with Gasteiger partial charge in [-0.2, -0.15) is 0 Å². The van der Waals surface area contributed by atoms with Gasteiger partial charge in [0.15, 0.2) is 0 Å². The second kappa shape index (κ2) is 4.94. The summed E-state index contributed by atoms with van der Waals surface area (Å²) in [5.41, 5.74) is 1.40. The number of aliphatic hydroxyl groups is 1. The highest BCUT2D eigenvalue weighted by Crippen LogP contribution is 2.42. The fourth-order valence-electron chi connectivity index (χ4n) is 2.84. The van der Waals surface area contributed by atoms with Gasteiger partial charge >= 0.3 is 0 Å². The molecule has 1 fully saturated rings. The smallest absolute Gasteiger partial charge is 0.128 e. The number of ether oxygens (including phenoxy) is 1. The molecule has 106 valence electrons. The molecule has 1 aliphatic heterocycles. The Morgan fingerprint density at radius 3 is 3.00 bits per heavy atom. The van der Waals surface area contributed by atoms with Crippen LogP contribution in [0.3, 0.4) is 0 Å². The molecule has 20 heavy (non-hydrogen) atoms. The third-order valence-electron chi connectivity index (χ3n) is 4.13. The molecule has 6 heteroatoms. The van der Waals surface area contributed by atoms with Crippen LogP contribution >= 0.6 is 23.1 Å². The Labute approximate surface area is 125 Å². The zero-order chi connectivity index (χ0) is 13.6. The summed E-state index contributed by atoms with van der Waals surface area (Å²) in [7, 11) is 0. The minimum absolute atomic E-state index is 0.0683. The molecule has 1 saturated heterocycles. The lowest BCUT2D eigenvalue weighted by molar-refractivity contribution is -0.121. The first-order valence-electron chi connectivity index (χ1n) is 6.88. The first kappa shape index (κ1) is 13.0. The van der Waals surface area contributed by atoms with Crippen LogP contribution in [0.2, 0.25) is 0 Å². The topological polar surface area (TPSA) is 55.2 Å². The fourth-order valence-corrected chi connectivity index (χ4v) is 5.32. The average Bonchev–Trinajstić information content (AvgIpc) is 2.98. The predicted molar refractivity (Wildman–Crippen MR) is 80.5 cm³/mol. The standard InChI is InChI=1S/C14H16N2O2S2/c17-4-14(5-18-6-14)7-19-12-11-9-2-1-3-10(9)20-13(11)16-8-15-12/h8,17H,1-7H2. The van der Waals surface area contributed by atoms with Crippen LogP contribution in [0, 0.1) is 5.41 Å². The zero-order valence-electron chi connectivity index (χ0n) is 11.1. The molecular weight excluding hydrogens is 292 g/mol. The molecule has 1 aliphatic carbocycles. The summed E-state index contributed by atoms with van der Waals surface area (Å²) in [6.07, 6.45) is 5.27. The minimum atomic E-state index is -0.0683. The Morgan fingerprint density at radius 2 is 2.25 bits per heavy atom. The molecule has 0 bridgehead atoms. The first-order valence-corrected chi connectivity index (χ1v) is 8.68. The zero-order valence-corrected chi connectivity index (χ0v) is 12.7. The van der Waals surface area contributed by atoms with E-state index in [1.807, 2.05) is 11.3 Å². The number of rotatable bonds is 4. The van der Waals surface area contributed by atoms with Crippen LogP contribution in [0.5, 0.6) is 0 Å². The summed E-state index contributed by atoms with van der Waals surface area (Å²) in [5, 5.41) is 11.9. The highest BCUT2D eigenvalue weighted by molar-refractivity contribution is 7.99. The SMILES string of the molecule is OCC1(CSc2ncnc3sc4c(c23)CCC4)COC1. The summed E-state index contributed by atoms with van der Waals surface area (Å²) in [5.74, 6) is 0.861. The van der Waals surface area contributed by atoms with E-state index in [2.05, 4.69) is 9.97 Å². The number of aryl methyl sites for hydroxylation is 2. The van der Waals surface area contributed by atoms with Crippen LogP contribution in [0.25, 0.3) is 10.2 Å². The molecule has 2 aliphatic rings. The lowest BCUT2D eigenvalue weighted by Crippen LogP contribution is -2.47. The number of nitrogens with zero attached hydrogens (tertiary/aromatic N) is 2. The molecule has 2 aromatic rings. The third-order valence-corrected chi connectivity index (χ3v) is 6.67. The van der Waals surface area contributed by atoms with Crippen LogP contribution in [-0.4, -0.2) is 40.6 Å². The molecule has 0 aromatic carbocycles. The normalized spacial score (nSPS) is 20.1. The average molecular weight is 308 g/mol. The molecular formula is C14H16N2O2S2. The molecule has 4 rings (SSSR count). The summed E-state index contributed by atoms with van der Waals surface area (Å²) in [4.78, 5) is 11.5. The van der Waals surface area contributed by atoms with Crippen molar-refractivity contribution in [1.82, 2.24) is 9.97 Å². The molecule has 0 saturated carbocycles. The number of thiophene rings is 1. The van der Waals surface area contributed by atoms with E-state index in [0.717, 1.165) is 22.0 Å². The summed E-state index contributed by atoms with van der Waals surface area (Å²) < 4.78 is 5.26. The van der Waals surface area contributed by atoms with E-state index >= 15 is 0 Å². The Balaban J connectivity index is 1.66. The van der Waals surface area contributed by atoms with Crippen LogP contribution in [0.1, 0.15) is 16.9 Å². The second-order valence-corrected chi connectivity index (χ2v) is 7.70. The molecule has 3 heterocycles. The van der Waals surface area contributed by atoms with Crippen molar-refractivity contribution in [3.8, 4) is 0 Å². The van der Waals surface area contributed by atoms with Crippen molar-refractivity contribution in [3.05, 3.63) is 16.8 Å². The second-order valence-electron chi connectivity index (χ2n) is 5.66. The van der Waals surface area contributed by atoms with Crippen molar-refractivity contribution < 1.29 is 9.84 Å². The van der Waals surface area contributed by atoms with E-state index < -0.39 is 0 Å². The molecule has 1 N–H and O–H groups in total. The van der Waals surface area contributed by atoms with Crippen molar-refractivity contribution in [2.45, 2.75) is 24.3 Å². The number of hydrogen-bond donors (Lipinski definition) is 1. The molecule has 0 radical (unpaired) electrons. The summed E-state index contributed by atoms with van der Waals surface area (Å²) >= 11 is 3.56. The maximum absolute atomic E-state index is 9.52. The maximum atomic E-state index is 9.52. The minimum Gasteiger partial charge on any atom is -0.396 e. The van der Waals surface area contributed by atoms with Gasteiger partial charge in [-0.25, -0.2) is 9.97 Å². The number of hydrogen-bond acceptors (Lipinski definition) is 6. The largest absolute Gasteiger partial charge is 0.396 e. The van der Waals surface area contributed by atoms with Crippen molar-refractivity contribution >= 4 is 33.3 Å². The van der Waals surface area contributed by atoms with Crippen LogP contribution in [0.15, 0.2) is 11.4 Å². The van der Waals surface area contributed by atoms with E-state index in [-0.39, 0.29) is 12.0 Å². The van der Waals surface area contributed by atoms with Gasteiger partial charge in [0.25, 0.3) is 0 Å². The van der Waals surface area contributed by atoms with E-state index in [0.29, 0.717) is 13.2 Å². The predicted octanol–water partition coefficient (Wildman–Crippen LogP) is 2.28. The van der Waals surface area contributed by atoms with Gasteiger partial charge in [-0.05, 0) is 24.8 Å². The lowest BCUT2D eigenvalue weighted by atomic mass is 9.90. The van der Waals surface area contributed by atoms with Gasteiger partial charge in [0.1, 0.15) is 16.2 Å². The quantitative estimate of drug-likeness (QED) is 0.694. The van der Waals surface area contributed by atoms with Crippen molar-refractivity contribution in [2.75, 3.05) is 25.6 Å². The Bertz CT molecular complexity index is 646. The molecule has 0 spiro atoms. The molecule has 4 nitrogen and oxygen atoms in total. The van der Waals surface area contributed by atoms with Gasteiger partial charge in [0.2, 0.25) is 0 Å². The van der Waals surface area contributed by atoms with Gasteiger partial charge in [0.05, 0.1) is 19.8 Å². The maximum Gasteiger partial charge on any atom is 0.128 e. The van der Waals surface area contributed by atoms with Crippen molar-refractivity contribution in [1.29, 1.82) is 0 Å². The van der Waals surface area contributed by atoms with Gasteiger partial charge in [-0.15, -0.1) is 23.1 Å². The van der Waals surface area contributed by atoms with Gasteiger partial charge < -0.3 is 9.84 Å². The lowest BCUT2D eigenvalue weighted by Gasteiger charge is -2.39. The Kier molecular flexibility index (Phi) is 3.22. The number of fused-ring (bicyclic) bond motifs is 3. The number of aromatic nitrogens is 2. The van der Waals surface area contributed by atoms with Gasteiger partial charge in [0, 0.05) is 21.4 Å². The van der Waals surface area contributed by atoms with E-state index in [4.69, 9.17) is 4.74 Å². The van der Waals surface area contributed by atoms with Gasteiger partial charge in [-0.3, -0.25) is 0 Å². The highest BCUT2D eigenvalue weighted by atomic mass is 32.2. The van der Waals surface area contributed by atoms with Crippen LogP contribution < -0.4 is 0 Å². The van der Waals surface area contributed by atoms with Crippen LogP contribution in [0.4, 0.5) is 0 Å². The third kappa shape index (κ3) is 1.97. The molecule has 0 amide bonds. The first-order chi connectivity index (χ1) is 9.81. The van der Waals surface area contributed by atoms with Crippen LogP contribution in [-0.2, 0) is 17.6 Å². The Hall–Kier alpha value is -0.690. The van der Waals surface area contributed by atoms with E-state index in [1.165, 1.54) is 28.7 Å². The number of thioether (sulfide) groups is 1. The fraction of sp³-hybridized carbons (Fsp3) is 0.571. The molecule has 0 atom stereocenters. The highest BCUT2D eigenvalue weighted by Gasteiger charge is 2.38.